The molecule has 12 heavy (non-hydrogen) atoms. The average molecular weight is 178 g/mol. The van der Waals surface area contributed by atoms with Crippen molar-refractivity contribution in [3.63, 3.8) is 0 Å². The van der Waals surface area contributed by atoms with Gasteiger partial charge in [-0.2, -0.15) is 0 Å². The van der Waals surface area contributed by atoms with E-state index in [1.807, 2.05) is 0 Å². The van der Waals surface area contributed by atoms with Crippen molar-refractivity contribution < 1.29 is 25.2 Å². The number of aliphatic hydroxyl groups excluding tert-OH is 4. The molecule has 0 aliphatic carbocycles. The highest BCUT2D eigenvalue weighted by atomic mass is 16.6. The summed E-state index contributed by atoms with van der Waals surface area (Å²) in [7, 11) is 0. The van der Waals surface area contributed by atoms with Crippen LogP contribution in [0.5, 0.6) is 0 Å². The fraction of sp³-hybridized carbons (Fsp3) is 1.00. The van der Waals surface area contributed by atoms with Crippen LogP contribution in [0.4, 0.5) is 0 Å². The molecule has 0 aromatic heterocycles. The molecular formula is C7H14O5. The largest absolute Gasteiger partial charge is 0.394 e. The molecular weight excluding hydrogens is 164 g/mol. The van der Waals surface area contributed by atoms with Gasteiger partial charge in [0.1, 0.15) is 24.4 Å². The third-order valence-electron chi connectivity index (χ3n) is 2.11. The fourth-order valence-corrected chi connectivity index (χ4v) is 1.30. The summed E-state index contributed by atoms with van der Waals surface area (Å²) >= 11 is 0. The molecule has 1 aliphatic rings. The molecule has 1 fully saturated rings. The van der Waals surface area contributed by atoms with Gasteiger partial charge in [-0.3, -0.25) is 0 Å². The topological polar surface area (TPSA) is 90.2 Å². The van der Waals surface area contributed by atoms with Gasteiger partial charge in [0.25, 0.3) is 0 Å². The lowest BCUT2D eigenvalue weighted by Crippen LogP contribution is -2.40. The van der Waals surface area contributed by atoms with E-state index in [1.165, 1.54) is 0 Å². The van der Waals surface area contributed by atoms with Gasteiger partial charge in [0.2, 0.25) is 0 Å². The van der Waals surface area contributed by atoms with Crippen LogP contribution < -0.4 is 0 Å². The normalized spacial score (nSPS) is 44.8. The van der Waals surface area contributed by atoms with Crippen molar-refractivity contribution in [1.82, 2.24) is 0 Å². The van der Waals surface area contributed by atoms with Gasteiger partial charge in [0.05, 0.1) is 12.7 Å². The van der Waals surface area contributed by atoms with Crippen molar-refractivity contribution in [2.24, 2.45) is 0 Å². The van der Waals surface area contributed by atoms with Gasteiger partial charge in [-0.25, -0.2) is 0 Å². The third-order valence-corrected chi connectivity index (χ3v) is 2.11. The Hall–Kier alpha value is -0.200. The Morgan fingerprint density at radius 2 is 1.92 bits per heavy atom. The highest BCUT2D eigenvalue weighted by Gasteiger charge is 2.43. The Kier molecular flexibility index (Phi) is 3.03. The maximum absolute atomic E-state index is 9.28. The van der Waals surface area contributed by atoms with Crippen molar-refractivity contribution in [3.8, 4) is 0 Å². The molecule has 0 radical (unpaired) electrons. The minimum absolute atomic E-state index is 0.485. The average Bonchev–Trinajstić information content (AvgIpc) is 2.32. The van der Waals surface area contributed by atoms with Crippen LogP contribution in [0.25, 0.3) is 0 Å². The van der Waals surface area contributed by atoms with Gasteiger partial charge in [-0.15, -0.1) is 0 Å². The summed E-state index contributed by atoms with van der Waals surface area (Å²) in [4.78, 5) is 0. The number of hydrogen-bond donors (Lipinski definition) is 4. The van der Waals surface area contributed by atoms with E-state index in [9.17, 15) is 10.2 Å². The van der Waals surface area contributed by atoms with Gasteiger partial charge < -0.3 is 25.2 Å². The first-order chi connectivity index (χ1) is 5.57. The molecule has 0 spiro atoms. The van der Waals surface area contributed by atoms with Gasteiger partial charge in [0.15, 0.2) is 0 Å². The van der Waals surface area contributed by atoms with E-state index in [0.29, 0.717) is 0 Å². The summed E-state index contributed by atoms with van der Waals surface area (Å²) in [5, 5.41) is 36.2. The maximum atomic E-state index is 9.28. The predicted octanol–water partition coefficient (Wildman–Crippen LogP) is -2.15. The van der Waals surface area contributed by atoms with E-state index < -0.39 is 37.1 Å². The summed E-state index contributed by atoms with van der Waals surface area (Å²) in [6.45, 7) is 1.11. The Morgan fingerprint density at radius 1 is 1.33 bits per heavy atom. The maximum Gasteiger partial charge on any atom is 0.115 e. The van der Waals surface area contributed by atoms with Gasteiger partial charge >= 0.3 is 0 Å². The molecule has 72 valence electrons. The zero-order chi connectivity index (χ0) is 9.30. The number of hydrogen-bond acceptors (Lipinski definition) is 5. The third kappa shape index (κ3) is 1.60. The van der Waals surface area contributed by atoms with E-state index in [-0.39, 0.29) is 0 Å². The molecule has 1 saturated heterocycles. The standard InChI is InChI=1S/C7H14O5/c1-3-5(10)6(11)7(12-3)4(9)2-8/h3-11H,2H2,1H3/t3-,4?,5?,6+,7-/m0/s1. The second-order valence-electron chi connectivity index (χ2n) is 3.04. The van der Waals surface area contributed by atoms with Crippen LogP contribution in [0.3, 0.4) is 0 Å². The molecule has 5 nitrogen and oxygen atoms in total. The summed E-state index contributed by atoms with van der Waals surface area (Å²) in [5.41, 5.74) is 0. The second kappa shape index (κ2) is 3.68. The minimum Gasteiger partial charge on any atom is -0.394 e. The molecule has 1 aliphatic heterocycles. The quantitative estimate of drug-likeness (QED) is 0.387. The van der Waals surface area contributed by atoms with Crippen molar-refractivity contribution in [3.05, 3.63) is 0 Å². The predicted molar refractivity (Wildman–Crippen MR) is 39.4 cm³/mol. The van der Waals surface area contributed by atoms with Gasteiger partial charge in [-0.05, 0) is 6.92 Å². The Balaban J connectivity index is 2.58. The molecule has 0 amide bonds. The molecule has 2 unspecified atom stereocenters. The van der Waals surface area contributed by atoms with Crippen molar-refractivity contribution in [2.75, 3.05) is 6.61 Å². The lowest BCUT2D eigenvalue weighted by Gasteiger charge is -2.18. The SMILES string of the molecule is C[C@@H]1O[C@@H](C(O)CO)[C@H](O)C1O. The number of rotatable bonds is 2. The first-order valence-electron chi connectivity index (χ1n) is 3.88. The van der Waals surface area contributed by atoms with Crippen LogP contribution in [-0.2, 0) is 4.74 Å². The smallest absolute Gasteiger partial charge is 0.115 e. The summed E-state index contributed by atoms with van der Waals surface area (Å²) in [6, 6.07) is 0. The molecule has 5 heteroatoms. The van der Waals surface area contributed by atoms with Crippen LogP contribution >= 0.6 is 0 Å². The van der Waals surface area contributed by atoms with Crippen molar-refractivity contribution in [2.45, 2.75) is 37.4 Å². The van der Waals surface area contributed by atoms with Crippen LogP contribution in [0, 0.1) is 0 Å². The van der Waals surface area contributed by atoms with E-state index in [4.69, 9.17) is 14.9 Å². The molecule has 0 aromatic rings. The first kappa shape index (κ1) is 9.88. The van der Waals surface area contributed by atoms with Crippen LogP contribution in [-0.4, -0.2) is 57.6 Å². The summed E-state index contributed by atoms with van der Waals surface area (Å²) in [5.74, 6) is 0. The van der Waals surface area contributed by atoms with Crippen molar-refractivity contribution >= 4 is 0 Å². The zero-order valence-electron chi connectivity index (χ0n) is 6.79. The summed E-state index contributed by atoms with van der Waals surface area (Å²) in [6.07, 6.45) is -4.65. The molecule has 0 aromatic carbocycles. The number of aliphatic hydroxyl groups is 4. The molecule has 1 heterocycles. The number of ether oxygens (including phenoxy) is 1. The Bertz CT molecular complexity index is 151. The molecule has 1 rings (SSSR count). The molecule has 0 saturated carbocycles. The summed E-state index contributed by atoms with van der Waals surface area (Å²) < 4.78 is 5.03. The van der Waals surface area contributed by atoms with E-state index in [0.717, 1.165) is 0 Å². The van der Waals surface area contributed by atoms with Crippen LogP contribution in [0.1, 0.15) is 6.92 Å². The molecule has 5 atom stereocenters. The van der Waals surface area contributed by atoms with Gasteiger partial charge in [-0.1, -0.05) is 0 Å². The lowest BCUT2D eigenvalue weighted by molar-refractivity contribution is -0.0786. The van der Waals surface area contributed by atoms with E-state index >= 15 is 0 Å². The zero-order valence-corrected chi connectivity index (χ0v) is 6.79. The monoisotopic (exact) mass is 178 g/mol. The van der Waals surface area contributed by atoms with E-state index in [2.05, 4.69) is 0 Å². The second-order valence-corrected chi connectivity index (χ2v) is 3.04. The lowest BCUT2D eigenvalue weighted by atomic mass is 10.1. The first-order valence-corrected chi connectivity index (χ1v) is 3.88. The van der Waals surface area contributed by atoms with E-state index in [1.54, 1.807) is 6.92 Å². The molecule has 4 N–H and O–H groups in total. The van der Waals surface area contributed by atoms with Gasteiger partial charge in [0, 0.05) is 0 Å². The Labute approximate surface area is 70.2 Å². The Morgan fingerprint density at radius 3 is 2.25 bits per heavy atom. The minimum atomic E-state index is -1.14. The highest BCUT2D eigenvalue weighted by molar-refractivity contribution is 4.91. The molecule has 0 bridgehead atoms. The highest BCUT2D eigenvalue weighted by Crippen LogP contribution is 2.22. The fourth-order valence-electron chi connectivity index (χ4n) is 1.30. The van der Waals surface area contributed by atoms with Crippen LogP contribution in [0.15, 0.2) is 0 Å². The van der Waals surface area contributed by atoms with Crippen LogP contribution in [0.2, 0.25) is 0 Å². The van der Waals surface area contributed by atoms with Crippen molar-refractivity contribution in [1.29, 1.82) is 0 Å².